The molecule has 0 radical (unpaired) electrons. The largest absolute Gasteiger partial charge is 1.00 e. The summed E-state index contributed by atoms with van der Waals surface area (Å²) in [4.78, 5) is 0. The Morgan fingerprint density at radius 1 is 1.29 bits per heavy atom. The van der Waals surface area contributed by atoms with E-state index in [2.05, 4.69) is 5.92 Å². The topological polar surface area (TPSA) is 0 Å². The standard InChI is InChI=1S/C9H7BF3.K/c1-2-8-4-3-5-9(6-8)7-10(11,12)13;/h1,3-6H,7H2;/q-1;+1. The van der Waals surface area contributed by atoms with E-state index in [0.29, 0.717) is 5.56 Å². The molecule has 1 aromatic carbocycles. The molecule has 0 saturated carbocycles. The Hall–Kier alpha value is 0.271. The first-order chi connectivity index (χ1) is 6.01. The van der Waals surface area contributed by atoms with Crippen LogP contribution in [0.5, 0.6) is 0 Å². The molecule has 0 nitrogen and oxygen atoms in total. The van der Waals surface area contributed by atoms with Crippen molar-refractivity contribution in [1.29, 1.82) is 0 Å². The van der Waals surface area contributed by atoms with Gasteiger partial charge in [0.05, 0.1) is 0 Å². The fraction of sp³-hybridized carbons (Fsp3) is 0.111. The van der Waals surface area contributed by atoms with Crippen molar-refractivity contribution in [2.24, 2.45) is 0 Å². The summed E-state index contributed by atoms with van der Waals surface area (Å²) in [5.41, 5.74) is 0.709. The molecule has 0 N–H and O–H groups in total. The summed E-state index contributed by atoms with van der Waals surface area (Å²) in [5, 5.41) is 0. The van der Waals surface area contributed by atoms with Crippen LogP contribution in [0, 0.1) is 12.3 Å². The number of rotatable bonds is 2. The van der Waals surface area contributed by atoms with E-state index in [1.807, 2.05) is 0 Å². The van der Waals surface area contributed by atoms with Crippen LogP contribution in [0.3, 0.4) is 0 Å². The SMILES string of the molecule is C#Cc1cccc(C[B-](F)(F)F)c1.[K+]. The molecular weight excluding hydrogens is 215 g/mol. The van der Waals surface area contributed by atoms with Crippen molar-refractivity contribution in [3.63, 3.8) is 0 Å². The van der Waals surface area contributed by atoms with Crippen LogP contribution in [0.1, 0.15) is 11.1 Å². The first-order valence-electron chi connectivity index (χ1n) is 3.78. The Morgan fingerprint density at radius 3 is 2.43 bits per heavy atom. The summed E-state index contributed by atoms with van der Waals surface area (Å²) < 4.78 is 36.0. The number of terminal acetylenes is 1. The normalized spacial score (nSPS) is 10.1. The van der Waals surface area contributed by atoms with Gasteiger partial charge in [0.2, 0.25) is 0 Å². The molecule has 0 aromatic heterocycles. The van der Waals surface area contributed by atoms with Gasteiger partial charge in [-0.05, 0) is 12.1 Å². The zero-order valence-corrected chi connectivity index (χ0v) is 10.9. The van der Waals surface area contributed by atoms with E-state index in [4.69, 9.17) is 6.42 Å². The van der Waals surface area contributed by atoms with E-state index in [1.54, 1.807) is 6.07 Å². The van der Waals surface area contributed by atoms with Gasteiger partial charge in [0.25, 0.3) is 0 Å². The maximum Gasteiger partial charge on any atom is 1.00 e. The molecule has 1 aromatic rings. The minimum absolute atomic E-state index is 0. The third kappa shape index (κ3) is 5.23. The molecule has 0 aliphatic heterocycles. The Bertz CT molecular complexity index is 341. The summed E-state index contributed by atoms with van der Waals surface area (Å²) in [5.74, 6) is 2.29. The smallest absolute Gasteiger partial charge is 0.449 e. The molecule has 1 rings (SSSR count). The Labute approximate surface area is 124 Å². The zero-order chi connectivity index (χ0) is 9.90. The minimum atomic E-state index is -4.77. The summed E-state index contributed by atoms with van der Waals surface area (Å²) in [6.07, 6.45) is 4.19. The number of hydrogen-bond donors (Lipinski definition) is 0. The van der Waals surface area contributed by atoms with Gasteiger partial charge in [0.15, 0.2) is 0 Å². The van der Waals surface area contributed by atoms with Gasteiger partial charge in [-0.1, -0.05) is 29.9 Å². The predicted molar refractivity (Wildman–Crippen MR) is 47.2 cm³/mol. The Kier molecular flexibility index (Phi) is 6.10. The molecule has 0 saturated heterocycles. The number of halogens is 3. The first-order valence-corrected chi connectivity index (χ1v) is 3.78. The van der Waals surface area contributed by atoms with Crippen molar-refractivity contribution >= 4 is 6.98 Å². The average molecular weight is 222 g/mol. The summed E-state index contributed by atoms with van der Waals surface area (Å²) >= 11 is 0. The molecule has 0 unspecified atom stereocenters. The maximum atomic E-state index is 12.0. The quantitative estimate of drug-likeness (QED) is 0.472. The summed E-state index contributed by atoms with van der Waals surface area (Å²) in [7, 11) is 0. The van der Waals surface area contributed by atoms with Gasteiger partial charge in [0, 0.05) is 5.56 Å². The van der Waals surface area contributed by atoms with Gasteiger partial charge in [0.1, 0.15) is 0 Å². The average Bonchev–Trinajstić information content (AvgIpc) is 2.01. The summed E-state index contributed by atoms with van der Waals surface area (Å²) in [6.45, 7) is -4.77. The third-order valence-corrected chi connectivity index (χ3v) is 1.56. The first kappa shape index (κ1) is 14.3. The summed E-state index contributed by atoms with van der Waals surface area (Å²) in [6, 6.07) is 5.95. The van der Waals surface area contributed by atoms with Crippen LogP contribution >= 0.6 is 0 Å². The molecule has 0 aliphatic carbocycles. The van der Waals surface area contributed by atoms with E-state index < -0.39 is 13.3 Å². The van der Waals surface area contributed by atoms with E-state index in [9.17, 15) is 12.9 Å². The number of hydrogen-bond acceptors (Lipinski definition) is 0. The van der Waals surface area contributed by atoms with Gasteiger partial charge >= 0.3 is 58.4 Å². The van der Waals surface area contributed by atoms with Gasteiger partial charge in [-0.3, -0.25) is 0 Å². The van der Waals surface area contributed by atoms with Gasteiger partial charge in [-0.2, -0.15) is 0 Å². The van der Waals surface area contributed by atoms with E-state index >= 15 is 0 Å². The fourth-order valence-electron chi connectivity index (χ4n) is 1.06. The zero-order valence-electron chi connectivity index (χ0n) is 7.81. The van der Waals surface area contributed by atoms with Gasteiger partial charge in [-0.15, -0.1) is 6.42 Å². The second-order valence-corrected chi connectivity index (χ2v) is 2.76. The molecule has 0 atom stereocenters. The monoisotopic (exact) mass is 222 g/mol. The molecule has 68 valence electrons. The van der Waals surface area contributed by atoms with Gasteiger partial charge in [-0.25, -0.2) is 0 Å². The van der Waals surface area contributed by atoms with Crippen LogP contribution in [0.25, 0.3) is 0 Å². The third-order valence-electron chi connectivity index (χ3n) is 1.56. The van der Waals surface area contributed by atoms with Crippen LogP contribution in [0.15, 0.2) is 24.3 Å². The van der Waals surface area contributed by atoms with Crippen LogP contribution in [-0.2, 0) is 6.32 Å². The Balaban J connectivity index is 0.00000169. The molecular formula is C9H7BF3K. The van der Waals surface area contributed by atoms with Crippen LogP contribution in [-0.4, -0.2) is 6.98 Å². The Morgan fingerprint density at radius 2 is 1.93 bits per heavy atom. The second-order valence-electron chi connectivity index (χ2n) is 2.76. The van der Waals surface area contributed by atoms with Crippen molar-refractivity contribution in [3.8, 4) is 12.3 Å². The van der Waals surface area contributed by atoms with Crippen molar-refractivity contribution in [2.45, 2.75) is 6.32 Å². The van der Waals surface area contributed by atoms with E-state index in [-0.39, 0.29) is 56.9 Å². The molecule has 0 amide bonds. The molecule has 0 bridgehead atoms. The van der Waals surface area contributed by atoms with Crippen molar-refractivity contribution in [2.75, 3.05) is 0 Å². The number of benzene rings is 1. The molecule has 0 heterocycles. The van der Waals surface area contributed by atoms with Crippen molar-refractivity contribution < 1.29 is 64.3 Å². The molecule has 0 spiro atoms. The van der Waals surface area contributed by atoms with Crippen molar-refractivity contribution in [3.05, 3.63) is 35.4 Å². The fourth-order valence-corrected chi connectivity index (χ4v) is 1.06. The molecule has 0 fully saturated rings. The van der Waals surface area contributed by atoms with Gasteiger partial charge < -0.3 is 12.9 Å². The van der Waals surface area contributed by atoms with Crippen molar-refractivity contribution in [1.82, 2.24) is 0 Å². The molecule has 0 aliphatic rings. The molecule has 5 heteroatoms. The predicted octanol–water partition coefficient (Wildman–Crippen LogP) is -0.399. The van der Waals surface area contributed by atoms with Crippen LogP contribution in [0.4, 0.5) is 12.9 Å². The molecule has 14 heavy (non-hydrogen) atoms. The minimum Gasteiger partial charge on any atom is -0.449 e. The van der Waals surface area contributed by atoms with E-state index in [0.717, 1.165) is 0 Å². The van der Waals surface area contributed by atoms with E-state index in [1.165, 1.54) is 18.2 Å². The van der Waals surface area contributed by atoms with Crippen LogP contribution in [0.2, 0.25) is 0 Å². The second kappa shape index (κ2) is 5.99. The maximum absolute atomic E-state index is 12.0. The van der Waals surface area contributed by atoms with Crippen LogP contribution < -0.4 is 51.4 Å².